The Kier molecular flexibility index (Phi) is 5.90. The van der Waals surface area contributed by atoms with Gasteiger partial charge in [0.05, 0.1) is 0 Å². The third kappa shape index (κ3) is 5.10. The maximum Gasteiger partial charge on any atom is 0.441 e. The number of alkyl halides is 3. The molecule has 0 unspecified atom stereocenters. The van der Waals surface area contributed by atoms with E-state index < -0.39 is 5.51 Å². The van der Waals surface area contributed by atoms with E-state index in [1.54, 1.807) is 0 Å². The SMILES string of the molecule is CCC(CC)(CN)CCSC(F)(F)F. The topological polar surface area (TPSA) is 26.0 Å². The summed E-state index contributed by atoms with van der Waals surface area (Å²) in [6.07, 6.45) is 2.23. The molecule has 0 aromatic rings. The van der Waals surface area contributed by atoms with Crippen molar-refractivity contribution in [3.8, 4) is 0 Å². The second-order valence-corrected chi connectivity index (χ2v) is 4.62. The molecule has 0 heterocycles. The number of rotatable bonds is 6. The standard InChI is InChI=1S/C9H18F3NS/c1-3-8(4-2,7-13)5-6-14-9(10,11)12/h3-7,13H2,1-2H3. The van der Waals surface area contributed by atoms with Crippen molar-refractivity contribution in [2.75, 3.05) is 12.3 Å². The quantitative estimate of drug-likeness (QED) is 0.755. The minimum absolute atomic E-state index is 0.0510. The third-order valence-electron chi connectivity index (χ3n) is 2.83. The predicted molar refractivity (Wildman–Crippen MR) is 55.2 cm³/mol. The van der Waals surface area contributed by atoms with E-state index >= 15 is 0 Å². The summed E-state index contributed by atoms with van der Waals surface area (Å²) in [5.74, 6) is 0.113. The molecule has 0 bridgehead atoms. The maximum absolute atomic E-state index is 11.9. The predicted octanol–water partition coefficient (Wildman–Crippen LogP) is 3.39. The molecule has 14 heavy (non-hydrogen) atoms. The maximum atomic E-state index is 11.9. The molecule has 0 radical (unpaired) electrons. The lowest BCUT2D eigenvalue weighted by Gasteiger charge is -2.30. The van der Waals surface area contributed by atoms with Crippen LogP contribution in [-0.4, -0.2) is 17.8 Å². The van der Waals surface area contributed by atoms with Crippen molar-refractivity contribution in [2.45, 2.75) is 38.6 Å². The van der Waals surface area contributed by atoms with E-state index in [2.05, 4.69) is 0 Å². The molecule has 0 saturated carbocycles. The highest BCUT2D eigenvalue weighted by Gasteiger charge is 2.30. The van der Waals surface area contributed by atoms with E-state index in [1.807, 2.05) is 13.8 Å². The van der Waals surface area contributed by atoms with E-state index in [4.69, 9.17) is 5.73 Å². The molecule has 0 fully saturated rings. The van der Waals surface area contributed by atoms with Crippen molar-refractivity contribution in [1.82, 2.24) is 0 Å². The molecule has 2 N–H and O–H groups in total. The summed E-state index contributed by atoms with van der Waals surface area (Å²) >= 11 is 0.0510. The first kappa shape index (κ1) is 14.1. The van der Waals surface area contributed by atoms with Crippen LogP contribution in [0.5, 0.6) is 0 Å². The zero-order valence-corrected chi connectivity index (χ0v) is 9.47. The van der Waals surface area contributed by atoms with E-state index in [0.717, 1.165) is 12.8 Å². The van der Waals surface area contributed by atoms with E-state index in [-0.39, 0.29) is 22.9 Å². The molecule has 0 aliphatic heterocycles. The summed E-state index contributed by atoms with van der Waals surface area (Å²) in [7, 11) is 0. The van der Waals surface area contributed by atoms with Gasteiger partial charge in [-0.05, 0) is 31.2 Å². The van der Waals surface area contributed by atoms with Crippen molar-refractivity contribution in [2.24, 2.45) is 11.1 Å². The van der Waals surface area contributed by atoms with Crippen LogP contribution in [0.3, 0.4) is 0 Å². The Morgan fingerprint density at radius 3 is 1.93 bits per heavy atom. The van der Waals surface area contributed by atoms with Crippen LogP contribution in [0.25, 0.3) is 0 Å². The van der Waals surface area contributed by atoms with Crippen molar-refractivity contribution in [1.29, 1.82) is 0 Å². The fourth-order valence-corrected chi connectivity index (χ4v) is 2.14. The first-order valence-electron chi connectivity index (χ1n) is 4.80. The van der Waals surface area contributed by atoms with Gasteiger partial charge >= 0.3 is 5.51 Å². The second-order valence-electron chi connectivity index (χ2n) is 3.46. The Balaban J connectivity index is 3.95. The van der Waals surface area contributed by atoms with Gasteiger partial charge in [0.25, 0.3) is 0 Å². The molecule has 0 rings (SSSR count). The van der Waals surface area contributed by atoms with Gasteiger partial charge in [-0.25, -0.2) is 0 Å². The van der Waals surface area contributed by atoms with Gasteiger partial charge in [0.15, 0.2) is 0 Å². The van der Waals surface area contributed by atoms with Crippen LogP contribution in [0.2, 0.25) is 0 Å². The van der Waals surface area contributed by atoms with Crippen LogP contribution in [0.4, 0.5) is 13.2 Å². The molecule has 0 aliphatic carbocycles. The molecule has 0 aliphatic rings. The van der Waals surface area contributed by atoms with Crippen molar-refractivity contribution >= 4 is 11.8 Å². The molecular weight excluding hydrogens is 211 g/mol. The third-order valence-corrected chi connectivity index (χ3v) is 3.57. The van der Waals surface area contributed by atoms with Crippen LogP contribution in [0.1, 0.15) is 33.1 Å². The van der Waals surface area contributed by atoms with Crippen LogP contribution < -0.4 is 5.73 Å². The molecule has 1 nitrogen and oxygen atoms in total. The lowest BCUT2D eigenvalue weighted by Crippen LogP contribution is -2.30. The zero-order valence-electron chi connectivity index (χ0n) is 8.66. The van der Waals surface area contributed by atoms with Gasteiger partial charge in [-0.15, -0.1) is 0 Å². The van der Waals surface area contributed by atoms with Crippen LogP contribution in [0, 0.1) is 5.41 Å². The fourth-order valence-electron chi connectivity index (χ4n) is 1.38. The van der Waals surface area contributed by atoms with Crippen LogP contribution in [-0.2, 0) is 0 Å². The number of thioether (sulfide) groups is 1. The number of hydrogen-bond donors (Lipinski definition) is 1. The molecule has 0 amide bonds. The van der Waals surface area contributed by atoms with Gasteiger partial charge in [0.1, 0.15) is 0 Å². The summed E-state index contributed by atoms with van der Waals surface area (Å²) in [5, 5.41) is 0. The molecule has 0 aromatic carbocycles. The summed E-state index contributed by atoms with van der Waals surface area (Å²) in [6, 6.07) is 0. The van der Waals surface area contributed by atoms with Gasteiger partial charge in [0, 0.05) is 5.75 Å². The van der Waals surface area contributed by atoms with Crippen LogP contribution >= 0.6 is 11.8 Å². The Morgan fingerprint density at radius 1 is 1.14 bits per heavy atom. The normalized spacial score (nSPS) is 13.3. The Labute approximate surface area is 87.6 Å². The minimum Gasteiger partial charge on any atom is -0.330 e. The number of nitrogens with two attached hydrogens (primary N) is 1. The summed E-state index contributed by atoms with van der Waals surface area (Å²) in [5.41, 5.74) is 1.38. The van der Waals surface area contributed by atoms with Gasteiger partial charge in [-0.1, -0.05) is 25.6 Å². The second kappa shape index (κ2) is 5.85. The average molecular weight is 229 g/mol. The highest BCUT2D eigenvalue weighted by Crippen LogP contribution is 2.36. The lowest BCUT2D eigenvalue weighted by atomic mass is 9.80. The van der Waals surface area contributed by atoms with Gasteiger partial charge in [-0.3, -0.25) is 0 Å². The minimum atomic E-state index is -4.11. The summed E-state index contributed by atoms with van der Waals surface area (Å²) < 4.78 is 35.6. The number of hydrogen-bond acceptors (Lipinski definition) is 2. The van der Waals surface area contributed by atoms with E-state index in [1.165, 1.54) is 0 Å². The van der Waals surface area contributed by atoms with Crippen molar-refractivity contribution in [3.05, 3.63) is 0 Å². The zero-order chi connectivity index (χ0) is 11.2. The highest BCUT2D eigenvalue weighted by molar-refractivity contribution is 8.00. The molecule has 86 valence electrons. The average Bonchev–Trinajstić information content (AvgIpc) is 2.11. The Morgan fingerprint density at radius 2 is 1.64 bits per heavy atom. The van der Waals surface area contributed by atoms with Crippen molar-refractivity contribution in [3.63, 3.8) is 0 Å². The van der Waals surface area contributed by atoms with Gasteiger partial charge in [0.2, 0.25) is 0 Å². The summed E-state index contributed by atoms with van der Waals surface area (Å²) in [6.45, 7) is 4.43. The van der Waals surface area contributed by atoms with Crippen molar-refractivity contribution < 1.29 is 13.2 Å². The molecule has 0 atom stereocenters. The van der Waals surface area contributed by atoms with E-state index in [0.29, 0.717) is 13.0 Å². The molecular formula is C9H18F3NS. The van der Waals surface area contributed by atoms with Gasteiger partial charge in [-0.2, -0.15) is 13.2 Å². The Bertz CT molecular complexity index is 146. The highest BCUT2D eigenvalue weighted by atomic mass is 32.2. The van der Waals surface area contributed by atoms with Gasteiger partial charge < -0.3 is 5.73 Å². The smallest absolute Gasteiger partial charge is 0.330 e. The molecule has 5 heteroatoms. The largest absolute Gasteiger partial charge is 0.441 e. The number of halogens is 3. The van der Waals surface area contributed by atoms with Crippen LogP contribution in [0.15, 0.2) is 0 Å². The van der Waals surface area contributed by atoms with E-state index in [9.17, 15) is 13.2 Å². The summed E-state index contributed by atoms with van der Waals surface area (Å²) in [4.78, 5) is 0. The Hall–Kier alpha value is 0.100. The fraction of sp³-hybridized carbons (Fsp3) is 1.00. The molecule has 0 saturated heterocycles. The molecule has 0 spiro atoms. The first-order chi connectivity index (χ1) is 6.39. The first-order valence-corrected chi connectivity index (χ1v) is 5.78. The lowest BCUT2D eigenvalue weighted by molar-refractivity contribution is -0.0329. The monoisotopic (exact) mass is 229 g/mol. The molecule has 0 aromatic heterocycles.